The van der Waals surface area contributed by atoms with Crippen LogP contribution in [0.25, 0.3) is 0 Å². The zero-order valence-electron chi connectivity index (χ0n) is 5.91. The Morgan fingerprint density at radius 1 is 1.55 bits per heavy atom. The monoisotopic (exact) mass is 150 g/mol. The highest BCUT2D eigenvalue weighted by Crippen LogP contribution is 2.30. The molecular weight excluding hydrogens is 142 g/mol. The Bertz CT molecular complexity index is 258. The second-order valence-electron chi connectivity index (χ2n) is 2.55. The van der Waals surface area contributed by atoms with Gasteiger partial charge in [0.15, 0.2) is 0 Å². The summed E-state index contributed by atoms with van der Waals surface area (Å²) in [6.07, 6.45) is 0.225. The number of epoxide rings is 1. The number of rotatable bonds is 2. The maximum Gasteiger partial charge on any atom is 0.106 e. The van der Waals surface area contributed by atoms with Gasteiger partial charge < -0.3 is 15.4 Å². The van der Waals surface area contributed by atoms with Crippen LogP contribution in [0.2, 0.25) is 0 Å². The molecule has 0 aliphatic carbocycles. The molecule has 58 valence electrons. The Morgan fingerprint density at radius 2 is 2.36 bits per heavy atom. The summed E-state index contributed by atoms with van der Waals surface area (Å²) in [5.41, 5.74) is 3.51. The third-order valence-corrected chi connectivity index (χ3v) is 1.71. The van der Waals surface area contributed by atoms with Crippen LogP contribution in [-0.4, -0.2) is 6.61 Å². The summed E-state index contributed by atoms with van der Waals surface area (Å²) in [6.45, 7) is 0.780. The van der Waals surface area contributed by atoms with E-state index in [2.05, 4.69) is 0 Å². The zero-order chi connectivity index (χ0) is 7.68. The van der Waals surface area contributed by atoms with E-state index in [0.29, 0.717) is 5.69 Å². The van der Waals surface area contributed by atoms with E-state index in [4.69, 9.17) is 4.74 Å². The van der Waals surface area contributed by atoms with Crippen LogP contribution in [0.4, 0.5) is 5.69 Å². The molecule has 1 aromatic rings. The number of hydrogen-bond acceptors (Lipinski definition) is 3. The van der Waals surface area contributed by atoms with E-state index < -0.39 is 0 Å². The van der Waals surface area contributed by atoms with Crippen molar-refractivity contribution in [2.75, 3.05) is 12.1 Å². The molecule has 0 radical (unpaired) electrons. The number of ether oxygens (including phenoxy) is 1. The molecule has 1 N–H and O–H groups in total. The lowest BCUT2D eigenvalue weighted by molar-refractivity contribution is 0.415. The summed E-state index contributed by atoms with van der Waals surface area (Å²) in [4.78, 5) is 0. The second-order valence-corrected chi connectivity index (χ2v) is 2.55. The van der Waals surface area contributed by atoms with Gasteiger partial charge in [-0.25, -0.2) is 0 Å². The lowest BCUT2D eigenvalue weighted by atomic mass is 10.1. The summed E-state index contributed by atoms with van der Waals surface area (Å²) in [7, 11) is 0. The molecule has 0 amide bonds. The van der Waals surface area contributed by atoms with Crippen molar-refractivity contribution in [3.05, 3.63) is 35.0 Å². The fourth-order valence-corrected chi connectivity index (χ4v) is 1.04. The van der Waals surface area contributed by atoms with Gasteiger partial charge in [-0.3, -0.25) is 0 Å². The van der Waals surface area contributed by atoms with Gasteiger partial charge in [0.2, 0.25) is 0 Å². The highest BCUT2D eigenvalue weighted by molar-refractivity contribution is 5.47. The minimum absolute atomic E-state index is 0.225. The van der Waals surface area contributed by atoms with Gasteiger partial charge >= 0.3 is 0 Å². The standard InChI is InChI=1S/C8H8NO2/c10-9-7-3-1-2-6(4-7)8-5-11-8/h1-4,8-9H,5H2/q-1. The van der Waals surface area contributed by atoms with Crippen LogP contribution in [0, 0.1) is 5.21 Å². The summed E-state index contributed by atoms with van der Waals surface area (Å²) in [6, 6.07) is 7.35. The molecule has 0 aromatic heterocycles. The van der Waals surface area contributed by atoms with E-state index >= 15 is 0 Å². The minimum atomic E-state index is 0.225. The fourth-order valence-electron chi connectivity index (χ4n) is 1.04. The van der Waals surface area contributed by atoms with Crippen LogP contribution < -0.4 is 5.48 Å². The summed E-state index contributed by atoms with van der Waals surface area (Å²) < 4.78 is 5.06. The van der Waals surface area contributed by atoms with E-state index in [9.17, 15) is 5.21 Å². The van der Waals surface area contributed by atoms with Crippen molar-refractivity contribution in [3.8, 4) is 0 Å². The second kappa shape index (κ2) is 2.53. The minimum Gasteiger partial charge on any atom is -0.761 e. The molecule has 3 heteroatoms. The van der Waals surface area contributed by atoms with Crippen LogP contribution in [-0.2, 0) is 4.74 Å². The Labute approximate surface area is 64.6 Å². The number of nitrogens with one attached hydrogen (secondary N) is 1. The molecular formula is C8H8NO2-. The summed E-state index contributed by atoms with van der Waals surface area (Å²) in [5.74, 6) is 0. The molecule has 3 nitrogen and oxygen atoms in total. The molecule has 0 bridgehead atoms. The van der Waals surface area contributed by atoms with Crippen LogP contribution in [0.3, 0.4) is 0 Å². The molecule has 2 rings (SSSR count). The first-order valence-electron chi connectivity index (χ1n) is 3.50. The first-order valence-corrected chi connectivity index (χ1v) is 3.50. The molecule has 1 heterocycles. The van der Waals surface area contributed by atoms with Crippen molar-refractivity contribution in [3.63, 3.8) is 0 Å². The van der Waals surface area contributed by atoms with Crippen LogP contribution in [0.1, 0.15) is 11.7 Å². The number of benzene rings is 1. The molecule has 0 saturated carbocycles. The van der Waals surface area contributed by atoms with E-state index in [-0.39, 0.29) is 6.10 Å². The maximum atomic E-state index is 10.2. The van der Waals surface area contributed by atoms with Gasteiger partial charge in [0.1, 0.15) is 6.10 Å². The van der Waals surface area contributed by atoms with E-state index in [1.54, 1.807) is 6.07 Å². The van der Waals surface area contributed by atoms with Crippen molar-refractivity contribution in [2.24, 2.45) is 0 Å². The van der Waals surface area contributed by atoms with Gasteiger partial charge in [0, 0.05) is 5.69 Å². The molecule has 11 heavy (non-hydrogen) atoms. The third-order valence-electron chi connectivity index (χ3n) is 1.71. The fraction of sp³-hybridized carbons (Fsp3) is 0.250. The van der Waals surface area contributed by atoms with Crippen LogP contribution in [0.15, 0.2) is 24.3 Å². The molecule has 1 unspecified atom stereocenters. The first-order chi connectivity index (χ1) is 5.40. The lowest BCUT2D eigenvalue weighted by Gasteiger charge is -2.09. The van der Waals surface area contributed by atoms with Gasteiger partial charge in [0.25, 0.3) is 0 Å². The molecule has 1 saturated heterocycles. The van der Waals surface area contributed by atoms with E-state index in [0.717, 1.165) is 12.2 Å². The van der Waals surface area contributed by atoms with E-state index in [1.807, 2.05) is 23.7 Å². The zero-order valence-corrected chi connectivity index (χ0v) is 5.91. The molecule has 1 fully saturated rings. The Balaban J connectivity index is 2.26. The highest BCUT2D eigenvalue weighted by Gasteiger charge is 2.24. The molecule has 0 spiro atoms. The van der Waals surface area contributed by atoms with Crippen molar-refractivity contribution in [2.45, 2.75) is 6.10 Å². The molecule has 1 aliphatic rings. The smallest absolute Gasteiger partial charge is 0.106 e. The average Bonchev–Trinajstić information content (AvgIpc) is 2.87. The SMILES string of the molecule is [O-]Nc1cccc(C2CO2)c1. The molecule has 1 aromatic carbocycles. The quantitative estimate of drug-likeness (QED) is 0.515. The summed E-state index contributed by atoms with van der Waals surface area (Å²) in [5, 5.41) is 10.2. The first kappa shape index (κ1) is 6.64. The number of anilines is 1. The van der Waals surface area contributed by atoms with Gasteiger partial charge in [-0.15, -0.1) is 0 Å². The van der Waals surface area contributed by atoms with Crippen molar-refractivity contribution in [1.29, 1.82) is 0 Å². The third kappa shape index (κ3) is 1.34. The number of hydrogen-bond donors (Lipinski definition) is 1. The maximum absolute atomic E-state index is 10.2. The predicted molar refractivity (Wildman–Crippen MR) is 42.1 cm³/mol. The Morgan fingerprint density at radius 3 is 3.00 bits per heavy atom. The molecule has 1 aliphatic heterocycles. The van der Waals surface area contributed by atoms with Crippen molar-refractivity contribution >= 4 is 5.69 Å². The van der Waals surface area contributed by atoms with Gasteiger partial charge in [-0.1, -0.05) is 12.1 Å². The lowest BCUT2D eigenvalue weighted by Crippen LogP contribution is -1.86. The van der Waals surface area contributed by atoms with Crippen LogP contribution >= 0.6 is 0 Å². The normalized spacial score (nSPS) is 21.4. The largest absolute Gasteiger partial charge is 0.761 e. The average molecular weight is 150 g/mol. The van der Waals surface area contributed by atoms with Gasteiger partial charge in [-0.2, -0.15) is 0 Å². The Hall–Kier alpha value is -1.06. The van der Waals surface area contributed by atoms with Crippen LogP contribution in [0.5, 0.6) is 0 Å². The highest BCUT2D eigenvalue weighted by atomic mass is 16.6. The van der Waals surface area contributed by atoms with E-state index in [1.165, 1.54) is 0 Å². The van der Waals surface area contributed by atoms with Gasteiger partial charge in [-0.05, 0) is 17.7 Å². The Kier molecular flexibility index (Phi) is 1.52. The van der Waals surface area contributed by atoms with Crippen molar-refractivity contribution in [1.82, 2.24) is 0 Å². The van der Waals surface area contributed by atoms with Crippen molar-refractivity contribution < 1.29 is 4.74 Å². The summed E-state index contributed by atoms with van der Waals surface area (Å²) >= 11 is 0. The predicted octanol–water partition coefficient (Wildman–Crippen LogP) is 1.67. The topological polar surface area (TPSA) is 47.6 Å². The van der Waals surface area contributed by atoms with Gasteiger partial charge in [0.05, 0.1) is 6.61 Å². The molecule has 1 atom stereocenters.